The first-order valence-corrected chi connectivity index (χ1v) is 24.2. The van der Waals surface area contributed by atoms with Gasteiger partial charge in [0.1, 0.15) is 0 Å². The van der Waals surface area contributed by atoms with E-state index in [1.54, 1.807) is 0 Å². The van der Waals surface area contributed by atoms with Crippen molar-refractivity contribution in [2.45, 2.75) is 270 Å². The molecule has 5 nitrogen and oxygen atoms in total. The van der Waals surface area contributed by atoms with E-state index in [4.69, 9.17) is 0 Å². The van der Waals surface area contributed by atoms with Crippen molar-refractivity contribution >= 4 is 0 Å². The molecular weight excluding hydrogens is 655 g/mol. The summed E-state index contributed by atoms with van der Waals surface area (Å²) in [7, 11) is 0. The molecule has 5 heteroatoms. The standard InChI is InChI=1S/C48H99NO4/c1-5-9-13-17-21-23-27-31-35-45(33-29-25-19-15-11-7-3)47(37-41-50,38-42-51)49-48(39-43-52,40-44-53)46(34-30-26-20-16-12-8-4)36-32-28-24-22-18-14-10-6-2/h45-46,49-53H,5-44H2,1-4H3. The van der Waals surface area contributed by atoms with Gasteiger partial charge in [-0.05, 0) is 63.2 Å². The molecule has 0 saturated carbocycles. The van der Waals surface area contributed by atoms with Crippen molar-refractivity contribution in [2.24, 2.45) is 11.8 Å². The van der Waals surface area contributed by atoms with E-state index in [1.165, 1.54) is 180 Å². The molecule has 0 aromatic heterocycles. The van der Waals surface area contributed by atoms with E-state index in [0.29, 0.717) is 37.5 Å². The van der Waals surface area contributed by atoms with Gasteiger partial charge in [-0.3, -0.25) is 0 Å². The van der Waals surface area contributed by atoms with Gasteiger partial charge in [-0.25, -0.2) is 0 Å². The third-order valence-corrected chi connectivity index (χ3v) is 12.9. The molecule has 0 spiro atoms. The highest BCUT2D eigenvalue weighted by molar-refractivity contribution is 5.05. The second-order valence-electron chi connectivity index (χ2n) is 17.4. The summed E-state index contributed by atoms with van der Waals surface area (Å²) in [5.41, 5.74) is -0.839. The Labute approximate surface area is 333 Å². The molecule has 0 aromatic carbocycles. The number of nitrogens with one attached hydrogen (secondary N) is 1. The molecular formula is C48H99NO4. The quantitative estimate of drug-likeness (QED) is 0.0400. The molecule has 0 heterocycles. The van der Waals surface area contributed by atoms with E-state index in [2.05, 4.69) is 33.0 Å². The van der Waals surface area contributed by atoms with Gasteiger partial charge in [-0.1, -0.05) is 207 Å². The number of rotatable bonds is 44. The van der Waals surface area contributed by atoms with E-state index in [9.17, 15) is 20.4 Å². The Hall–Kier alpha value is -0.200. The second-order valence-corrected chi connectivity index (χ2v) is 17.4. The van der Waals surface area contributed by atoms with Gasteiger partial charge in [0.05, 0.1) is 0 Å². The maximum atomic E-state index is 10.8. The predicted molar refractivity (Wildman–Crippen MR) is 233 cm³/mol. The molecule has 0 saturated heterocycles. The van der Waals surface area contributed by atoms with E-state index in [0.717, 1.165) is 25.7 Å². The number of unbranched alkanes of at least 4 members (excludes halogenated alkanes) is 24. The highest BCUT2D eigenvalue weighted by atomic mass is 16.3. The highest BCUT2D eigenvalue weighted by Gasteiger charge is 2.46. The minimum absolute atomic E-state index is 0.0892. The van der Waals surface area contributed by atoms with Crippen molar-refractivity contribution < 1.29 is 20.4 Å². The maximum absolute atomic E-state index is 10.8. The van der Waals surface area contributed by atoms with Crippen LogP contribution in [0.3, 0.4) is 0 Å². The lowest BCUT2D eigenvalue weighted by atomic mass is 9.67. The molecule has 0 aliphatic rings. The zero-order valence-corrected chi connectivity index (χ0v) is 36.7. The molecule has 320 valence electrons. The van der Waals surface area contributed by atoms with Crippen LogP contribution in [-0.4, -0.2) is 57.9 Å². The van der Waals surface area contributed by atoms with Crippen LogP contribution in [0, 0.1) is 11.8 Å². The summed E-state index contributed by atoms with van der Waals surface area (Å²) in [6.45, 7) is 9.49. The zero-order valence-electron chi connectivity index (χ0n) is 36.7. The van der Waals surface area contributed by atoms with Gasteiger partial charge in [0, 0.05) is 37.5 Å². The number of aliphatic hydroxyl groups is 4. The minimum atomic E-state index is -0.420. The molecule has 0 radical (unpaired) electrons. The fourth-order valence-corrected chi connectivity index (χ4v) is 9.60. The van der Waals surface area contributed by atoms with Gasteiger partial charge < -0.3 is 25.7 Å². The summed E-state index contributed by atoms with van der Waals surface area (Å²) in [5.74, 6) is 0.699. The van der Waals surface area contributed by atoms with Crippen molar-refractivity contribution in [1.29, 1.82) is 0 Å². The highest BCUT2D eigenvalue weighted by Crippen LogP contribution is 2.42. The van der Waals surface area contributed by atoms with Crippen LogP contribution < -0.4 is 5.32 Å². The largest absolute Gasteiger partial charge is 0.396 e. The lowest BCUT2D eigenvalue weighted by molar-refractivity contribution is 0.0118. The van der Waals surface area contributed by atoms with Crippen LogP contribution in [0.5, 0.6) is 0 Å². The number of aliphatic hydroxyl groups excluding tert-OH is 4. The third-order valence-electron chi connectivity index (χ3n) is 12.9. The van der Waals surface area contributed by atoms with Gasteiger partial charge in [0.15, 0.2) is 0 Å². The Balaban J connectivity index is 6.42. The van der Waals surface area contributed by atoms with Crippen molar-refractivity contribution in [1.82, 2.24) is 5.32 Å². The summed E-state index contributed by atoms with van der Waals surface area (Å²) in [4.78, 5) is 0. The van der Waals surface area contributed by atoms with Gasteiger partial charge >= 0.3 is 0 Å². The van der Waals surface area contributed by atoms with Crippen molar-refractivity contribution in [3.8, 4) is 0 Å². The normalized spacial score (nSPS) is 13.6. The van der Waals surface area contributed by atoms with Crippen LogP contribution in [0.25, 0.3) is 0 Å². The topological polar surface area (TPSA) is 93.0 Å². The third kappa shape index (κ3) is 26.4. The van der Waals surface area contributed by atoms with Gasteiger partial charge in [0.25, 0.3) is 0 Å². The van der Waals surface area contributed by atoms with E-state index in [-0.39, 0.29) is 26.4 Å². The fourth-order valence-electron chi connectivity index (χ4n) is 9.60. The first-order valence-electron chi connectivity index (χ1n) is 24.2. The Kier molecular flexibility index (Phi) is 38.5. The lowest BCUT2D eigenvalue weighted by Crippen LogP contribution is -2.65. The van der Waals surface area contributed by atoms with Crippen molar-refractivity contribution in [2.75, 3.05) is 26.4 Å². The smallest absolute Gasteiger partial charge is 0.0448 e. The van der Waals surface area contributed by atoms with E-state index in [1.807, 2.05) is 0 Å². The molecule has 2 atom stereocenters. The Bertz CT molecular complexity index is 648. The summed E-state index contributed by atoms with van der Waals surface area (Å²) >= 11 is 0. The van der Waals surface area contributed by atoms with Gasteiger partial charge in [0.2, 0.25) is 0 Å². The van der Waals surface area contributed by atoms with Crippen LogP contribution in [-0.2, 0) is 0 Å². The molecule has 0 rings (SSSR count). The second kappa shape index (κ2) is 38.7. The SMILES string of the molecule is CCCCCCCCCCC(CCCCCCCC)C(CCO)(CCO)NC(CCO)(CCO)C(CCCCCCCC)CCCCCCCCCC. The van der Waals surface area contributed by atoms with Crippen molar-refractivity contribution in [3.05, 3.63) is 0 Å². The van der Waals surface area contributed by atoms with Crippen LogP contribution in [0.2, 0.25) is 0 Å². The van der Waals surface area contributed by atoms with Crippen LogP contribution in [0.1, 0.15) is 259 Å². The van der Waals surface area contributed by atoms with Crippen LogP contribution in [0.4, 0.5) is 0 Å². The molecule has 2 unspecified atom stereocenters. The van der Waals surface area contributed by atoms with Crippen molar-refractivity contribution in [3.63, 3.8) is 0 Å². The Morgan fingerprint density at radius 3 is 0.679 bits per heavy atom. The lowest BCUT2D eigenvalue weighted by Gasteiger charge is -2.53. The summed E-state index contributed by atoms with van der Waals surface area (Å²) < 4.78 is 0. The summed E-state index contributed by atoms with van der Waals surface area (Å²) in [6, 6.07) is 0. The molecule has 0 amide bonds. The molecule has 0 bridgehead atoms. The first-order chi connectivity index (χ1) is 26.0. The molecule has 0 aliphatic carbocycles. The Morgan fingerprint density at radius 2 is 0.491 bits per heavy atom. The van der Waals surface area contributed by atoms with E-state index < -0.39 is 11.1 Å². The summed E-state index contributed by atoms with van der Waals surface area (Å²) in [6.07, 6.45) is 43.0. The first kappa shape index (κ1) is 52.8. The summed E-state index contributed by atoms with van der Waals surface area (Å²) in [5, 5.41) is 47.3. The minimum Gasteiger partial charge on any atom is -0.396 e. The Morgan fingerprint density at radius 1 is 0.302 bits per heavy atom. The van der Waals surface area contributed by atoms with Crippen LogP contribution in [0.15, 0.2) is 0 Å². The fraction of sp³-hybridized carbons (Fsp3) is 1.00. The zero-order chi connectivity index (χ0) is 39.1. The average Bonchev–Trinajstić information content (AvgIpc) is 3.15. The molecule has 0 aliphatic heterocycles. The predicted octanol–water partition coefficient (Wildman–Crippen LogP) is 13.4. The molecule has 0 fully saturated rings. The molecule has 0 aromatic rings. The monoisotopic (exact) mass is 754 g/mol. The van der Waals surface area contributed by atoms with E-state index >= 15 is 0 Å². The average molecular weight is 754 g/mol. The van der Waals surface area contributed by atoms with Gasteiger partial charge in [-0.2, -0.15) is 0 Å². The molecule has 5 N–H and O–H groups in total. The number of hydrogen-bond acceptors (Lipinski definition) is 5. The maximum Gasteiger partial charge on any atom is 0.0448 e. The van der Waals surface area contributed by atoms with Crippen LogP contribution >= 0.6 is 0 Å². The van der Waals surface area contributed by atoms with Gasteiger partial charge in [-0.15, -0.1) is 0 Å². The number of hydrogen-bond donors (Lipinski definition) is 5. The molecule has 53 heavy (non-hydrogen) atoms.